The molecule has 1 aliphatic heterocycles. The van der Waals surface area contributed by atoms with Gasteiger partial charge in [-0.25, -0.2) is 8.42 Å². The average molecular weight is 338 g/mol. The highest BCUT2D eigenvalue weighted by molar-refractivity contribution is 7.94. The van der Waals surface area contributed by atoms with Gasteiger partial charge < -0.3 is 9.64 Å². The zero-order valence-electron chi connectivity index (χ0n) is 12.0. The fourth-order valence-electron chi connectivity index (χ4n) is 2.18. The standard InChI is InChI=1S/C14H14N2O4S2/c1-9-6-7-13(21-9)22(18,19)15-10-4-3-5-11-14(10)16(2)12(17)8-20-11/h3-7,15H,8H2,1-2H3. The fraction of sp³-hybridized carbons (Fsp3) is 0.214. The van der Waals surface area contributed by atoms with Gasteiger partial charge in [0.2, 0.25) is 0 Å². The van der Waals surface area contributed by atoms with Crippen LogP contribution in [0.2, 0.25) is 0 Å². The molecule has 22 heavy (non-hydrogen) atoms. The maximum Gasteiger partial charge on any atom is 0.271 e. The molecular weight excluding hydrogens is 324 g/mol. The van der Waals surface area contributed by atoms with Crippen LogP contribution in [-0.4, -0.2) is 28.0 Å². The summed E-state index contributed by atoms with van der Waals surface area (Å²) in [6, 6.07) is 8.29. The van der Waals surface area contributed by atoms with Crippen LogP contribution in [-0.2, 0) is 14.8 Å². The quantitative estimate of drug-likeness (QED) is 0.931. The first-order valence-corrected chi connectivity index (χ1v) is 8.80. The number of benzene rings is 1. The van der Waals surface area contributed by atoms with E-state index < -0.39 is 10.0 Å². The lowest BCUT2D eigenvalue weighted by molar-refractivity contribution is -0.120. The Labute approximate surface area is 132 Å². The highest BCUT2D eigenvalue weighted by Crippen LogP contribution is 2.39. The normalized spacial score (nSPS) is 14.5. The number of amides is 1. The molecule has 1 aromatic carbocycles. The number of nitrogens with zero attached hydrogens (tertiary/aromatic N) is 1. The van der Waals surface area contributed by atoms with Crippen molar-refractivity contribution in [2.24, 2.45) is 0 Å². The zero-order chi connectivity index (χ0) is 15.9. The van der Waals surface area contributed by atoms with Crippen molar-refractivity contribution in [2.75, 3.05) is 23.3 Å². The number of sulfonamides is 1. The number of para-hydroxylation sites is 1. The van der Waals surface area contributed by atoms with Crippen LogP contribution in [0.3, 0.4) is 0 Å². The first-order chi connectivity index (χ1) is 10.4. The van der Waals surface area contributed by atoms with Gasteiger partial charge in [0.15, 0.2) is 6.61 Å². The van der Waals surface area contributed by atoms with E-state index >= 15 is 0 Å². The number of likely N-dealkylation sites (N-methyl/N-ethyl adjacent to an activating group) is 1. The van der Waals surface area contributed by atoms with Gasteiger partial charge in [0, 0.05) is 11.9 Å². The van der Waals surface area contributed by atoms with Crippen molar-refractivity contribution in [1.82, 2.24) is 0 Å². The number of thiophene rings is 1. The molecule has 0 bridgehead atoms. The van der Waals surface area contributed by atoms with Crippen molar-refractivity contribution in [3.05, 3.63) is 35.2 Å². The predicted octanol–water partition coefficient (Wildman–Crippen LogP) is 2.21. The first kappa shape index (κ1) is 14.9. The Balaban J connectivity index is 2.02. The minimum atomic E-state index is -3.69. The van der Waals surface area contributed by atoms with Crippen molar-refractivity contribution >= 4 is 38.6 Å². The van der Waals surface area contributed by atoms with Gasteiger partial charge in [0.05, 0.1) is 5.69 Å². The molecule has 116 valence electrons. The number of fused-ring (bicyclic) bond motifs is 1. The number of rotatable bonds is 3. The maximum absolute atomic E-state index is 12.4. The molecule has 0 aliphatic carbocycles. The predicted molar refractivity (Wildman–Crippen MR) is 85.2 cm³/mol. The topological polar surface area (TPSA) is 75.7 Å². The third-order valence-electron chi connectivity index (χ3n) is 3.28. The van der Waals surface area contributed by atoms with Crippen LogP contribution in [0.25, 0.3) is 0 Å². The number of aryl methyl sites for hydroxylation is 1. The van der Waals surface area contributed by atoms with E-state index in [9.17, 15) is 13.2 Å². The molecule has 2 aromatic rings. The molecule has 2 heterocycles. The first-order valence-electron chi connectivity index (χ1n) is 6.50. The van der Waals surface area contributed by atoms with E-state index in [1.807, 2.05) is 6.92 Å². The zero-order valence-corrected chi connectivity index (χ0v) is 13.6. The van der Waals surface area contributed by atoms with E-state index in [-0.39, 0.29) is 16.7 Å². The number of carbonyl (C=O) groups is 1. The van der Waals surface area contributed by atoms with Crippen molar-refractivity contribution in [3.63, 3.8) is 0 Å². The Morgan fingerprint density at radius 3 is 2.73 bits per heavy atom. The highest BCUT2D eigenvalue weighted by Gasteiger charge is 2.27. The number of anilines is 2. The Morgan fingerprint density at radius 2 is 2.05 bits per heavy atom. The number of ether oxygens (including phenoxy) is 1. The molecular formula is C14H14N2O4S2. The lowest BCUT2D eigenvalue weighted by Crippen LogP contribution is -2.36. The van der Waals surface area contributed by atoms with Gasteiger partial charge in [0.1, 0.15) is 15.6 Å². The van der Waals surface area contributed by atoms with Gasteiger partial charge in [-0.3, -0.25) is 9.52 Å². The number of nitrogens with one attached hydrogen (secondary N) is 1. The van der Waals surface area contributed by atoms with E-state index in [4.69, 9.17) is 4.74 Å². The van der Waals surface area contributed by atoms with Crippen LogP contribution in [0.15, 0.2) is 34.5 Å². The molecule has 1 N–H and O–H groups in total. The van der Waals surface area contributed by atoms with Gasteiger partial charge >= 0.3 is 0 Å². The van der Waals surface area contributed by atoms with Crippen LogP contribution in [0.1, 0.15) is 4.88 Å². The Bertz CT molecular complexity index is 842. The second-order valence-electron chi connectivity index (χ2n) is 4.86. The number of hydrogen-bond donors (Lipinski definition) is 1. The summed E-state index contributed by atoms with van der Waals surface area (Å²) in [5.41, 5.74) is 0.745. The third kappa shape index (κ3) is 2.55. The lowest BCUT2D eigenvalue weighted by Gasteiger charge is -2.28. The SMILES string of the molecule is Cc1ccc(S(=O)(=O)Nc2cccc3c2N(C)C(=O)CO3)s1. The summed E-state index contributed by atoms with van der Waals surface area (Å²) in [7, 11) is -2.10. The van der Waals surface area contributed by atoms with Gasteiger partial charge in [0.25, 0.3) is 15.9 Å². The van der Waals surface area contributed by atoms with E-state index in [1.54, 1.807) is 37.4 Å². The Kier molecular flexibility index (Phi) is 3.57. The van der Waals surface area contributed by atoms with Crippen molar-refractivity contribution in [2.45, 2.75) is 11.1 Å². The van der Waals surface area contributed by atoms with E-state index in [1.165, 1.54) is 16.2 Å². The van der Waals surface area contributed by atoms with Gasteiger partial charge in [-0.1, -0.05) is 6.07 Å². The van der Waals surface area contributed by atoms with Gasteiger partial charge in [-0.15, -0.1) is 11.3 Å². The summed E-state index contributed by atoms with van der Waals surface area (Å²) >= 11 is 1.19. The van der Waals surface area contributed by atoms with Gasteiger partial charge in [-0.2, -0.15) is 0 Å². The van der Waals surface area contributed by atoms with Gasteiger partial charge in [-0.05, 0) is 31.2 Å². The van der Waals surface area contributed by atoms with E-state index in [2.05, 4.69) is 4.72 Å². The summed E-state index contributed by atoms with van der Waals surface area (Å²) < 4.78 is 33.0. The molecule has 1 aromatic heterocycles. The molecule has 0 saturated heterocycles. The van der Waals surface area contributed by atoms with Crippen LogP contribution >= 0.6 is 11.3 Å². The summed E-state index contributed by atoms with van der Waals surface area (Å²) in [5.74, 6) is 0.246. The summed E-state index contributed by atoms with van der Waals surface area (Å²) in [6.45, 7) is 1.79. The van der Waals surface area contributed by atoms with Crippen molar-refractivity contribution < 1.29 is 17.9 Å². The molecule has 3 rings (SSSR count). The van der Waals surface area contributed by atoms with Crippen LogP contribution in [0, 0.1) is 6.92 Å². The molecule has 0 unspecified atom stereocenters. The van der Waals surface area contributed by atoms with Crippen molar-refractivity contribution in [1.29, 1.82) is 0 Å². The summed E-state index contributed by atoms with van der Waals surface area (Å²) in [5, 5.41) is 0. The average Bonchev–Trinajstić information content (AvgIpc) is 2.90. The molecule has 1 amide bonds. The number of hydrogen-bond acceptors (Lipinski definition) is 5. The van der Waals surface area contributed by atoms with Crippen LogP contribution < -0.4 is 14.4 Å². The fourth-order valence-corrected chi connectivity index (χ4v) is 4.53. The minimum absolute atomic E-state index is 0.0518. The molecule has 8 heteroatoms. The third-order valence-corrected chi connectivity index (χ3v) is 6.14. The van der Waals surface area contributed by atoms with Crippen LogP contribution in [0.4, 0.5) is 11.4 Å². The molecule has 0 spiro atoms. The second kappa shape index (κ2) is 5.29. The molecule has 6 nitrogen and oxygen atoms in total. The molecule has 0 radical (unpaired) electrons. The Hall–Kier alpha value is -2.06. The van der Waals surface area contributed by atoms with E-state index in [0.717, 1.165) is 4.88 Å². The molecule has 1 aliphatic rings. The van der Waals surface area contributed by atoms with E-state index in [0.29, 0.717) is 17.1 Å². The molecule has 0 fully saturated rings. The second-order valence-corrected chi connectivity index (χ2v) is 8.06. The monoisotopic (exact) mass is 338 g/mol. The summed E-state index contributed by atoms with van der Waals surface area (Å²) in [6.07, 6.45) is 0. The Morgan fingerprint density at radius 1 is 1.27 bits per heavy atom. The minimum Gasteiger partial charge on any atom is -0.481 e. The molecule has 0 saturated carbocycles. The highest BCUT2D eigenvalue weighted by atomic mass is 32.2. The lowest BCUT2D eigenvalue weighted by atomic mass is 10.2. The summed E-state index contributed by atoms with van der Waals surface area (Å²) in [4.78, 5) is 14.1. The number of carbonyl (C=O) groups excluding carboxylic acids is 1. The largest absolute Gasteiger partial charge is 0.481 e. The van der Waals surface area contributed by atoms with Crippen LogP contribution in [0.5, 0.6) is 5.75 Å². The smallest absolute Gasteiger partial charge is 0.271 e. The maximum atomic E-state index is 12.4. The van der Waals surface area contributed by atoms with Crippen molar-refractivity contribution in [3.8, 4) is 5.75 Å². The molecule has 0 atom stereocenters.